The number of hydrogen-bond acceptors (Lipinski definition) is 4. The lowest BCUT2D eigenvalue weighted by atomic mass is 9.94. The molecule has 1 aromatic heterocycles. The number of nitriles is 2. The van der Waals surface area contributed by atoms with E-state index >= 15 is 0 Å². The van der Waals surface area contributed by atoms with Gasteiger partial charge in [-0.3, -0.25) is 5.73 Å². The maximum atomic E-state index is 9.61. The van der Waals surface area contributed by atoms with Crippen molar-refractivity contribution in [2.24, 2.45) is 0 Å². The standard InChI is InChI=1S/C18H18N4S/c1-4-23-18-15(10-20)16(14(9-19)17(21)22-18)13-7-5-12(6-8-13)11(2)3/h5-8,11H,4H2,1-3H3,(H2,21,22)/p+1. The third-order valence-electron chi connectivity index (χ3n) is 3.62. The molecular weight excluding hydrogens is 304 g/mol. The second kappa shape index (κ2) is 7.17. The van der Waals surface area contributed by atoms with Crippen molar-refractivity contribution in [3.05, 3.63) is 41.0 Å². The van der Waals surface area contributed by atoms with E-state index in [1.807, 2.05) is 31.2 Å². The number of aromatic nitrogens is 1. The molecule has 4 nitrogen and oxygen atoms in total. The van der Waals surface area contributed by atoms with E-state index in [1.165, 1.54) is 17.3 Å². The van der Waals surface area contributed by atoms with Crippen LogP contribution in [-0.2, 0) is 0 Å². The van der Waals surface area contributed by atoms with Gasteiger partial charge in [-0.15, -0.1) is 0 Å². The van der Waals surface area contributed by atoms with Gasteiger partial charge in [-0.1, -0.05) is 56.8 Å². The quantitative estimate of drug-likeness (QED) is 0.868. The lowest BCUT2D eigenvalue weighted by Crippen LogP contribution is -2.18. The molecule has 3 N–H and O–H groups in total. The first kappa shape index (κ1) is 16.9. The van der Waals surface area contributed by atoms with Crippen molar-refractivity contribution in [2.75, 3.05) is 11.5 Å². The van der Waals surface area contributed by atoms with Crippen LogP contribution >= 0.6 is 11.8 Å². The van der Waals surface area contributed by atoms with Gasteiger partial charge in [0, 0.05) is 5.56 Å². The highest BCUT2D eigenvalue weighted by Crippen LogP contribution is 2.34. The van der Waals surface area contributed by atoms with Crippen molar-refractivity contribution in [3.63, 3.8) is 0 Å². The van der Waals surface area contributed by atoms with Crippen LogP contribution in [0.2, 0.25) is 0 Å². The van der Waals surface area contributed by atoms with Gasteiger partial charge in [0.05, 0.1) is 0 Å². The first-order valence-corrected chi connectivity index (χ1v) is 8.44. The van der Waals surface area contributed by atoms with Crippen molar-refractivity contribution < 1.29 is 4.98 Å². The molecule has 0 radical (unpaired) electrons. The zero-order valence-corrected chi connectivity index (χ0v) is 14.3. The van der Waals surface area contributed by atoms with E-state index in [0.717, 1.165) is 11.3 Å². The van der Waals surface area contributed by atoms with Gasteiger partial charge in [0.25, 0.3) is 5.82 Å². The number of thioether (sulfide) groups is 1. The molecule has 1 heterocycles. The number of pyridine rings is 1. The van der Waals surface area contributed by atoms with Gasteiger partial charge < -0.3 is 0 Å². The molecule has 0 aliphatic heterocycles. The molecule has 1 aromatic carbocycles. The Morgan fingerprint density at radius 1 is 1.13 bits per heavy atom. The second-order valence-corrected chi connectivity index (χ2v) is 6.70. The molecule has 2 rings (SSSR count). The summed E-state index contributed by atoms with van der Waals surface area (Å²) in [4.78, 5) is 2.98. The molecule has 0 fully saturated rings. The van der Waals surface area contributed by atoms with Gasteiger partial charge in [0.15, 0.2) is 5.03 Å². The number of aromatic amines is 1. The van der Waals surface area contributed by atoms with Crippen molar-refractivity contribution >= 4 is 17.6 Å². The number of nitrogens with two attached hydrogens (primary N) is 1. The summed E-state index contributed by atoms with van der Waals surface area (Å²) in [7, 11) is 0. The number of nitrogen functional groups attached to an aromatic ring is 1. The number of nitrogens with zero attached hydrogens (tertiary/aromatic N) is 2. The summed E-state index contributed by atoms with van der Waals surface area (Å²) in [5.74, 6) is 1.53. The van der Waals surface area contributed by atoms with Gasteiger partial charge in [-0.2, -0.15) is 10.5 Å². The Labute approximate surface area is 141 Å². The molecule has 116 valence electrons. The van der Waals surface area contributed by atoms with E-state index in [0.29, 0.717) is 33.5 Å². The van der Waals surface area contributed by atoms with Crippen LogP contribution < -0.4 is 10.7 Å². The number of nitrogens with one attached hydrogen (secondary N) is 1. The monoisotopic (exact) mass is 323 g/mol. The van der Waals surface area contributed by atoms with Crippen molar-refractivity contribution in [2.45, 2.75) is 31.7 Å². The third-order valence-corrected chi connectivity index (χ3v) is 4.51. The van der Waals surface area contributed by atoms with Crippen LogP contribution in [0.25, 0.3) is 11.1 Å². The van der Waals surface area contributed by atoms with Crippen LogP contribution in [0.15, 0.2) is 29.3 Å². The predicted molar refractivity (Wildman–Crippen MR) is 92.8 cm³/mol. The Morgan fingerprint density at radius 2 is 1.74 bits per heavy atom. The van der Waals surface area contributed by atoms with Crippen molar-refractivity contribution in [1.82, 2.24) is 0 Å². The summed E-state index contributed by atoms with van der Waals surface area (Å²) in [5.41, 5.74) is 9.45. The second-order valence-electron chi connectivity index (χ2n) is 5.43. The average molecular weight is 323 g/mol. The normalized spacial score (nSPS) is 10.3. The molecule has 0 aliphatic carbocycles. The highest BCUT2D eigenvalue weighted by atomic mass is 32.2. The molecule has 0 unspecified atom stereocenters. The van der Waals surface area contributed by atoms with Crippen molar-refractivity contribution in [3.8, 4) is 23.3 Å². The van der Waals surface area contributed by atoms with Crippen LogP contribution in [0.5, 0.6) is 0 Å². The molecule has 2 aromatic rings. The van der Waals surface area contributed by atoms with E-state index in [1.54, 1.807) is 0 Å². The highest BCUT2D eigenvalue weighted by molar-refractivity contribution is 7.99. The molecule has 0 spiro atoms. The zero-order valence-electron chi connectivity index (χ0n) is 13.5. The van der Waals surface area contributed by atoms with Crippen LogP contribution in [-0.4, -0.2) is 5.75 Å². The maximum absolute atomic E-state index is 9.61. The molecule has 5 heteroatoms. The summed E-state index contributed by atoms with van der Waals surface area (Å²) in [6.07, 6.45) is 0. The Hall–Kier alpha value is -2.50. The summed E-state index contributed by atoms with van der Waals surface area (Å²) in [5, 5.41) is 19.8. The zero-order chi connectivity index (χ0) is 17.0. The Kier molecular flexibility index (Phi) is 5.26. The lowest BCUT2D eigenvalue weighted by molar-refractivity contribution is -0.410. The van der Waals surface area contributed by atoms with Gasteiger partial charge in [-0.05, 0) is 22.8 Å². The fourth-order valence-electron chi connectivity index (χ4n) is 2.42. The highest BCUT2D eigenvalue weighted by Gasteiger charge is 2.23. The molecule has 0 atom stereocenters. The molecule has 0 aliphatic rings. The van der Waals surface area contributed by atoms with Gasteiger partial charge in [0.2, 0.25) is 0 Å². The molecule has 23 heavy (non-hydrogen) atoms. The van der Waals surface area contributed by atoms with Crippen LogP contribution in [0.1, 0.15) is 43.4 Å². The number of hydrogen-bond donors (Lipinski definition) is 1. The summed E-state index contributed by atoms with van der Waals surface area (Å²) in [6.45, 7) is 6.26. The Balaban J connectivity index is 2.73. The van der Waals surface area contributed by atoms with E-state index in [4.69, 9.17) is 5.73 Å². The largest absolute Gasteiger partial charge is 0.289 e. The Morgan fingerprint density at radius 3 is 2.22 bits per heavy atom. The van der Waals surface area contributed by atoms with Crippen LogP contribution in [0.4, 0.5) is 5.82 Å². The van der Waals surface area contributed by atoms with E-state index in [9.17, 15) is 10.5 Å². The third kappa shape index (κ3) is 3.31. The molecule has 0 saturated heterocycles. The maximum Gasteiger partial charge on any atom is 0.289 e. The first-order valence-electron chi connectivity index (χ1n) is 7.45. The summed E-state index contributed by atoms with van der Waals surface area (Å²) < 4.78 is 0. The topological polar surface area (TPSA) is 87.7 Å². The van der Waals surface area contributed by atoms with E-state index < -0.39 is 0 Å². The number of rotatable bonds is 4. The Bertz CT molecular complexity index is 796. The molecule has 0 bridgehead atoms. The number of anilines is 1. The molecule has 0 saturated carbocycles. The van der Waals surface area contributed by atoms with Gasteiger partial charge in [0.1, 0.15) is 23.3 Å². The molecular formula is C18H19N4S+. The van der Waals surface area contributed by atoms with Gasteiger partial charge in [-0.25, -0.2) is 4.98 Å². The minimum absolute atomic E-state index is 0.297. The van der Waals surface area contributed by atoms with E-state index in [-0.39, 0.29) is 0 Å². The fraction of sp³-hybridized carbons (Fsp3) is 0.278. The number of benzene rings is 1. The summed E-state index contributed by atoms with van der Waals surface area (Å²) in [6, 6.07) is 12.3. The summed E-state index contributed by atoms with van der Waals surface area (Å²) >= 11 is 1.51. The average Bonchev–Trinajstić information content (AvgIpc) is 2.54. The SMILES string of the molecule is CCSc1[nH+]c(N)c(C#N)c(-c2ccc(C(C)C)cc2)c1C#N. The van der Waals surface area contributed by atoms with E-state index in [2.05, 4.69) is 31.0 Å². The fourth-order valence-corrected chi connectivity index (χ4v) is 3.18. The smallest absolute Gasteiger partial charge is 0.286 e. The van der Waals surface area contributed by atoms with Gasteiger partial charge >= 0.3 is 0 Å². The number of H-pyrrole nitrogens is 1. The molecule has 0 amide bonds. The first-order chi connectivity index (χ1) is 11.0. The minimum Gasteiger partial charge on any atom is -0.286 e. The van der Waals surface area contributed by atoms with Crippen LogP contribution in [0, 0.1) is 22.7 Å². The minimum atomic E-state index is 0.297. The van der Waals surface area contributed by atoms with Crippen LogP contribution in [0.3, 0.4) is 0 Å². The lowest BCUT2D eigenvalue weighted by Gasteiger charge is -2.11. The predicted octanol–water partition coefficient (Wildman–Crippen LogP) is 3.73. The van der Waals surface area contributed by atoms with Crippen molar-refractivity contribution in [1.29, 1.82) is 10.5 Å².